The lowest BCUT2D eigenvalue weighted by Crippen LogP contribution is -2.66. The highest BCUT2D eigenvalue weighted by Crippen LogP contribution is 2.42. The average Bonchev–Trinajstić information content (AvgIpc) is 3.02. The molecule has 3 unspecified atom stereocenters. The Morgan fingerprint density at radius 2 is 2.04 bits per heavy atom. The van der Waals surface area contributed by atoms with Crippen LogP contribution in [0.1, 0.15) is 5.56 Å². The summed E-state index contributed by atoms with van der Waals surface area (Å²) in [6.07, 6.45) is 0.648. The molecule has 1 amide bonds. The van der Waals surface area contributed by atoms with Gasteiger partial charge in [0.2, 0.25) is 3.79 Å². The van der Waals surface area contributed by atoms with Crippen molar-refractivity contribution in [2.45, 2.75) is 27.7 Å². The third-order valence-electron chi connectivity index (χ3n) is 4.23. The molecule has 0 bridgehead atoms. The van der Waals surface area contributed by atoms with Gasteiger partial charge < -0.3 is 9.64 Å². The van der Waals surface area contributed by atoms with Gasteiger partial charge in [-0.2, -0.15) is 0 Å². The van der Waals surface area contributed by atoms with Gasteiger partial charge in [0.1, 0.15) is 12.0 Å². The number of β-lactam (4-membered cyclic amide) rings is 1. The predicted molar refractivity (Wildman–Crippen MR) is 123 cm³/mol. The lowest BCUT2D eigenvalue weighted by atomic mass is 10.00. The zero-order valence-corrected chi connectivity index (χ0v) is 19.7. The number of halogens is 4. The maximum Gasteiger partial charge on any atom is 0.333 e. The Bertz CT molecular complexity index is 816. The molecule has 0 aliphatic carbocycles. The van der Waals surface area contributed by atoms with E-state index >= 15 is 0 Å². The van der Waals surface area contributed by atoms with E-state index < -0.39 is 28.5 Å². The van der Waals surface area contributed by atoms with Crippen molar-refractivity contribution >= 4 is 86.1 Å². The van der Waals surface area contributed by atoms with E-state index in [4.69, 9.17) is 39.5 Å². The summed E-state index contributed by atoms with van der Waals surface area (Å²) in [5.74, 6) is -0.876. The van der Waals surface area contributed by atoms with Gasteiger partial charge in [0, 0.05) is 10.8 Å². The first kappa shape index (κ1) is 22.2. The van der Waals surface area contributed by atoms with Gasteiger partial charge in [0.15, 0.2) is 12.1 Å². The summed E-state index contributed by atoms with van der Waals surface area (Å²) >= 11 is 20.6. The summed E-state index contributed by atoms with van der Waals surface area (Å²) in [4.78, 5) is 31.3. The van der Waals surface area contributed by atoms with Gasteiger partial charge in [0.05, 0.1) is 5.04 Å². The molecule has 2 heterocycles. The zero-order chi connectivity index (χ0) is 20.5. The van der Waals surface area contributed by atoms with Gasteiger partial charge in [-0.1, -0.05) is 106 Å². The summed E-state index contributed by atoms with van der Waals surface area (Å²) in [5, 5.41) is 0.613. The van der Waals surface area contributed by atoms with Gasteiger partial charge in [-0.15, -0.1) is 0 Å². The number of hydrogen-bond donors (Lipinski definition) is 0. The van der Waals surface area contributed by atoms with Crippen molar-refractivity contribution in [1.82, 2.24) is 4.90 Å². The number of aliphatic imine (C=N–C) groups is 1. The lowest BCUT2D eigenvalue weighted by molar-refractivity contribution is -0.160. The summed E-state index contributed by atoms with van der Waals surface area (Å²) < 4.78 is 3.89. The number of hydrogen-bond acceptors (Lipinski definition) is 5. The first-order valence-corrected chi connectivity index (χ1v) is 11.8. The highest BCUT2D eigenvalue weighted by atomic mass is 127. The Morgan fingerprint density at radius 3 is 2.64 bits per heavy atom. The van der Waals surface area contributed by atoms with E-state index in [1.165, 1.54) is 16.7 Å². The van der Waals surface area contributed by atoms with E-state index in [0.29, 0.717) is 16.4 Å². The van der Waals surface area contributed by atoms with E-state index in [0.717, 1.165) is 10.6 Å². The quantitative estimate of drug-likeness (QED) is 0.162. The van der Waals surface area contributed by atoms with Crippen molar-refractivity contribution in [1.29, 1.82) is 0 Å². The molecule has 1 saturated heterocycles. The molecule has 0 radical (unpaired) electrons. The minimum atomic E-state index is -1.72. The molecule has 0 N–H and O–H groups in total. The fourth-order valence-electron chi connectivity index (χ4n) is 2.95. The number of carbonyl (C=O) groups is 2. The molecular formula is C18H16Cl3IN2O3S. The van der Waals surface area contributed by atoms with Crippen LogP contribution in [0.25, 0.3) is 0 Å². The molecule has 1 aromatic carbocycles. The number of carbonyl (C=O) groups excluding carboxylic acids is 2. The molecule has 1 fully saturated rings. The third-order valence-corrected chi connectivity index (χ3v) is 6.78. The molecule has 3 atom stereocenters. The van der Waals surface area contributed by atoms with Crippen LogP contribution in [0, 0.1) is 0 Å². The zero-order valence-electron chi connectivity index (χ0n) is 14.5. The number of fused-ring (bicyclic) bond motifs is 1. The van der Waals surface area contributed by atoms with E-state index in [2.05, 4.69) is 34.2 Å². The summed E-state index contributed by atoms with van der Waals surface area (Å²) in [6.45, 7) is 3.53. The SMILES string of the molecule is C=C(CI)C(C(=O)OCC(Cl)(Cl)Cl)N1C(=O)C2N=C(Cc3ccccc3)SC21. The fourth-order valence-corrected chi connectivity index (χ4v) is 4.88. The maximum atomic E-state index is 12.7. The Morgan fingerprint density at radius 1 is 1.36 bits per heavy atom. The van der Waals surface area contributed by atoms with Crippen LogP contribution in [-0.2, 0) is 20.7 Å². The van der Waals surface area contributed by atoms with Gasteiger partial charge >= 0.3 is 5.97 Å². The second kappa shape index (κ2) is 9.12. The number of likely N-dealkylation sites (tertiary alicyclic amines) is 1. The van der Waals surface area contributed by atoms with Crippen LogP contribution in [0.2, 0.25) is 0 Å². The van der Waals surface area contributed by atoms with Gasteiger partial charge in [0.25, 0.3) is 5.91 Å². The number of rotatable bonds is 7. The van der Waals surface area contributed by atoms with Crippen molar-refractivity contribution in [2.24, 2.45) is 4.99 Å². The Kier molecular flexibility index (Phi) is 7.23. The highest BCUT2D eigenvalue weighted by molar-refractivity contribution is 14.1. The topological polar surface area (TPSA) is 59.0 Å². The Labute approximate surface area is 195 Å². The molecule has 1 aromatic rings. The van der Waals surface area contributed by atoms with Crippen LogP contribution in [0.3, 0.4) is 0 Å². The molecule has 28 heavy (non-hydrogen) atoms. The minimum absolute atomic E-state index is 0.220. The number of ether oxygens (including phenoxy) is 1. The first-order chi connectivity index (χ1) is 13.2. The standard InChI is InChI=1S/C18H16Cl3IN2O3S/c1-10(8-22)14(17(26)27-9-18(19,20)21)24-15(25)13-16(24)28-12(23-13)7-11-5-3-2-4-6-11/h2-6,13-14,16H,1,7-9H2. The molecule has 150 valence electrons. The van der Waals surface area contributed by atoms with Gasteiger partial charge in [-0.05, 0) is 11.1 Å². The summed E-state index contributed by atoms with van der Waals surface area (Å²) in [5.41, 5.74) is 1.67. The average molecular weight is 574 g/mol. The van der Waals surface area contributed by atoms with Crippen LogP contribution in [0.4, 0.5) is 0 Å². The monoisotopic (exact) mass is 572 g/mol. The molecule has 10 heteroatoms. The molecule has 0 aromatic heterocycles. The number of thioether (sulfide) groups is 1. The smallest absolute Gasteiger partial charge is 0.333 e. The molecule has 2 aliphatic heterocycles. The molecule has 2 aliphatic rings. The van der Waals surface area contributed by atoms with Gasteiger partial charge in [-0.3, -0.25) is 9.79 Å². The largest absolute Gasteiger partial charge is 0.459 e. The van der Waals surface area contributed by atoms with Crippen molar-refractivity contribution in [3.8, 4) is 0 Å². The Hall–Kier alpha value is -0.480. The summed E-state index contributed by atoms with van der Waals surface area (Å²) in [6, 6.07) is 8.50. The Balaban J connectivity index is 1.71. The number of alkyl halides is 4. The van der Waals surface area contributed by atoms with E-state index in [9.17, 15) is 9.59 Å². The number of benzene rings is 1. The number of nitrogens with zero attached hydrogens (tertiary/aromatic N) is 2. The van der Waals surface area contributed by atoms with E-state index in [1.807, 2.05) is 30.3 Å². The van der Waals surface area contributed by atoms with Crippen LogP contribution >= 0.6 is 69.2 Å². The van der Waals surface area contributed by atoms with Crippen molar-refractivity contribution < 1.29 is 14.3 Å². The first-order valence-electron chi connectivity index (χ1n) is 8.27. The van der Waals surface area contributed by atoms with Crippen molar-refractivity contribution in [3.05, 3.63) is 48.0 Å². The lowest BCUT2D eigenvalue weighted by Gasteiger charge is -2.45. The molecule has 0 saturated carbocycles. The van der Waals surface area contributed by atoms with Crippen molar-refractivity contribution in [2.75, 3.05) is 11.0 Å². The molecule has 5 nitrogen and oxygen atoms in total. The van der Waals surface area contributed by atoms with Crippen LogP contribution in [-0.4, -0.2) is 54.1 Å². The maximum absolute atomic E-state index is 12.7. The number of esters is 1. The second-order valence-electron chi connectivity index (χ2n) is 6.30. The third kappa shape index (κ3) is 4.98. The van der Waals surface area contributed by atoms with E-state index in [-0.39, 0.29) is 11.3 Å². The molecule has 0 spiro atoms. The second-order valence-corrected chi connectivity index (χ2v) is 10.8. The minimum Gasteiger partial charge on any atom is -0.459 e. The fraction of sp³-hybridized carbons (Fsp3) is 0.389. The highest BCUT2D eigenvalue weighted by Gasteiger charge is 2.56. The van der Waals surface area contributed by atoms with Crippen LogP contribution in [0.15, 0.2) is 47.5 Å². The molecule has 3 rings (SSSR count). The van der Waals surface area contributed by atoms with Crippen LogP contribution < -0.4 is 0 Å². The van der Waals surface area contributed by atoms with Crippen LogP contribution in [0.5, 0.6) is 0 Å². The molecular weight excluding hydrogens is 558 g/mol. The number of amides is 1. The predicted octanol–water partition coefficient (Wildman–Crippen LogP) is 4.18. The summed E-state index contributed by atoms with van der Waals surface area (Å²) in [7, 11) is 0. The van der Waals surface area contributed by atoms with Crippen molar-refractivity contribution in [3.63, 3.8) is 0 Å². The van der Waals surface area contributed by atoms with Gasteiger partial charge in [-0.25, -0.2) is 4.79 Å². The normalized spacial score (nSPS) is 22.2. The van der Waals surface area contributed by atoms with E-state index in [1.54, 1.807) is 0 Å².